The number of hydrogen-bond acceptors (Lipinski definition) is 4. The molecule has 19 heavy (non-hydrogen) atoms. The molecule has 1 fully saturated rings. The van der Waals surface area contributed by atoms with E-state index >= 15 is 0 Å². The van der Waals surface area contributed by atoms with Crippen LogP contribution in [0.2, 0.25) is 0 Å². The summed E-state index contributed by atoms with van der Waals surface area (Å²) in [5.74, 6) is 0.744. The van der Waals surface area contributed by atoms with Crippen LogP contribution in [0, 0.1) is 0 Å². The van der Waals surface area contributed by atoms with E-state index in [1.165, 1.54) is 0 Å². The van der Waals surface area contributed by atoms with Crippen LogP contribution in [0.3, 0.4) is 0 Å². The van der Waals surface area contributed by atoms with Crippen molar-refractivity contribution in [2.24, 2.45) is 0 Å². The lowest BCUT2D eigenvalue weighted by molar-refractivity contribution is 0.0924. The van der Waals surface area contributed by atoms with Gasteiger partial charge < -0.3 is 19.5 Å². The van der Waals surface area contributed by atoms with E-state index in [1.54, 1.807) is 14.0 Å². The summed E-state index contributed by atoms with van der Waals surface area (Å²) in [5.41, 5.74) is 1.93. The second-order valence-corrected chi connectivity index (χ2v) is 4.90. The van der Waals surface area contributed by atoms with Crippen LogP contribution in [0.1, 0.15) is 31.9 Å². The molecule has 2 rings (SSSR count). The second kappa shape index (κ2) is 6.26. The van der Waals surface area contributed by atoms with Crippen molar-refractivity contribution in [3.8, 4) is 5.75 Å². The molecule has 0 amide bonds. The molecule has 1 aliphatic heterocycles. The summed E-state index contributed by atoms with van der Waals surface area (Å²) in [6, 6.07) is 6.28. The molecule has 106 valence electrons. The fraction of sp³-hybridized carbons (Fsp3) is 0.600. The topological polar surface area (TPSA) is 41.9 Å². The van der Waals surface area contributed by atoms with Crippen molar-refractivity contribution in [1.29, 1.82) is 0 Å². The molecular formula is C15H23NO3. The summed E-state index contributed by atoms with van der Waals surface area (Å²) in [4.78, 5) is 2.33. The van der Waals surface area contributed by atoms with Gasteiger partial charge in [-0.25, -0.2) is 0 Å². The molecule has 2 atom stereocenters. The van der Waals surface area contributed by atoms with Gasteiger partial charge in [0, 0.05) is 17.8 Å². The van der Waals surface area contributed by atoms with Crippen molar-refractivity contribution in [3.63, 3.8) is 0 Å². The number of benzene rings is 1. The number of ether oxygens (including phenoxy) is 2. The van der Waals surface area contributed by atoms with Crippen LogP contribution in [0.4, 0.5) is 5.69 Å². The summed E-state index contributed by atoms with van der Waals surface area (Å²) >= 11 is 0. The molecular weight excluding hydrogens is 242 g/mol. The molecule has 1 aliphatic rings. The minimum atomic E-state index is -0.550. The Labute approximate surface area is 114 Å². The van der Waals surface area contributed by atoms with E-state index in [-0.39, 0.29) is 0 Å². The predicted octanol–water partition coefficient (Wildman–Crippen LogP) is 2.36. The molecule has 0 saturated carbocycles. The second-order valence-electron chi connectivity index (χ2n) is 4.90. The van der Waals surface area contributed by atoms with Crippen LogP contribution in [0.25, 0.3) is 0 Å². The molecule has 1 aromatic rings. The molecule has 1 N–H and O–H groups in total. The number of morpholine rings is 1. The number of methoxy groups -OCH3 is 1. The van der Waals surface area contributed by atoms with Gasteiger partial charge in [0.1, 0.15) is 5.75 Å². The standard InChI is InChI=1S/C15H23NO3/c1-4-12-10-19-9-8-16(12)13-6-5-7-14(18-3)15(13)11(2)17/h5-7,11-12,17H,4,8-10H2,1-3H3/t11-,12?/m0/s1. The fourth-order valence-electron chi connectivity index (χ4n) is 2.69. The van der Waals surface area contributed by atoms with Gasteiger partial charge in [-0.15, -0.1) is 0 Å². The maximum atomic E-state index is 10.1. The molecule has 0 aliphatic carbocycles. The quantitative estimate of drug-likeness (QED) is 0.907. The molecule has 0 bridgehead atoms. The maximum absolute atomic E-state index is 10.1. The zero-order chi connectivity index (χ0) is 13.8. The molecule has 0 spiro atoms. The van der Waals surface area contributed by atoms with Gasteiger partial charge in [-0.05, 0) is 25.5 Å². The first kappa shape index (κ1) is 14.2. The van der Waals surface area contributed by atoms with E-state index in [9.17, 15) is 5.11 Å². The number of aliphatic hydroxyl groups excluding tert-OH is 1. The molecule has 0 radical (unpaired) electrons. The largest absolute Gasteiger partial charge is 0.496 e. The lowest BCUT2D eigenvalue weighted by atomic mass is 10.0. The predicted molar refractivity (Wildman–Crippen MR) is 75.9 cm³/mol. The van der Waals surface area contributed by atoms with Crippen LogP contribution >= 0.6 is 0 Å². The van der Waals surface area contributed by atoms with Crippen LogP contribution < -0.4 is 9.64 Å². The van der Waals surface area contributed by atoms with Gasteiger partial charge in [-0.1, -0.05) is 13.0 Å². The first-order valence-corrected chi connectivity index (χ1v) is 6.88. The van der Waals surface area contributed by atoms with Crippen molar-refractivity contribution in [2.45, 2.75) is 32.4 Å². The normalized spacial score (nSPS) is 21.3. The molecule has 4 heteroatoms. The van der Waals surface area contributed by atoms with E-state index in [4.69, 9.17) is 9.47 Å². The van der Waals surface area contributed by atoms with Gasteiger partial charge in [-0.3, -0.25) is 0 Å². The van der Waals surface area contributed by atoms with Crippen LogP contribution in [-0.4, -0.2) is 38.0 Å². The van der Waals surface area contributed by atoms with E-state index in [0.717, 1.165) is 43.2 Å². The first-order valence-electron chi connectivity index (χ1n) is 6.88. The minimum Gasteiger partial charge on any atom is -0.496 e. The van der Waals surface area contributed by atoms with Gasteiger partial charge >= 0.3 is 0 Å². The van der Waals surface area contributed by atoms with E-state index < -0.39 is 6.10 Å². The van der Waals surface area contributed by atoms with E-state index in [1.807, 2.05) is 12.1 Å². The monoisotopic (exact) mass is 265 g/mol. The van der Waals surface area contributed by atoms with Gasteiger partial charge in [0.05, 0.1) is 32.5 Å². The Hall–Kier alpha value is -1.26. The highest BCUT2D eigenvalue weighted by atomic mass is 16.5. The Bertz CT molecular complexity index is 420. The highest BCUT2D eigenvalue weighted by Gasteiger charge is 2.26. The van der Waals surface area contributed by atoms with Crippen molar-refractivity contribution in [2.75, 3.05) is 31.8 Å². The molecule has 0 aromatic heterocycles. The zero-order valence-electron chi connectivity index (χ0n) is 11.9. The van der Waals surface area contributed by atoms with Crippen LogP contribution in [0.5, 0.6) is 5.75 Å². The van der Waals surface area contributed by atoms with Gasteiger partial charge in [0.15, 0.2) is 0 Å². The van der Waals surface area contributed by atoms with Crippen molar-refractivity contribution in [1.82, 2.24) is 0 Å². The molecule has 1 heterocycles. The Morgan fingerprint density at radius 1 is 1.53 bits per heavy atom. The van der Waals surface area contributed by atoms with E-state index in [2.05, 4.69) is 17.9 Å². The summed E-state index contributed by atoms with van der Waals surface area (Å²) in [7, 11) is 1.64. The number of anilines is 1. The highest BCUT2D eigenvalue weighted by molar-refractivity contribution is 5.61. The third-order valence-electron chi connectivity index (χ3n) is 3.69. The van der Waals surface area contributed by atoms with Crippen molar-refractivity contribution in [3.05, 3.63) is 23.8 Å². The molecule has 1 unspecified atom stereocenters. The zero-order valence-corrected chi connectivity index (χ0v) is 11.9. The summed E-state index contributed by atoms with van der Waals surface area (Å²) < 4.78 is 10.9. The van der Waals surface area contributed by atoms with Crippen LogP contribution in [-0.2, 0) is 4.74 Å². The summed E-state index contributed by atoms with van der Waals surface area (Å²) in [5, 5.41) is 10.1. The number of hydrogen-bond donors (Lipinski definition) is 1. The smallest absolute Gasteiger partial charge is 0.126 e. The Kier molecular flexibility index (Phi) is 4.66. The van der Waals surface area contributed by atoms with Gasteiger partial charge in [-0.2, -0.15) is 0 Å². The number of aliphatic hydroxyl groups is 1. The Morgan fingerprint density at radius 3 is 2.95 bits per heavy atom. The fourth-order valence-corrected chi connectivity index (χ4v) is 2.69. The average molecular weight is 265 g/mol. The lowest BCUT2D eigenvalue weighted by Crippen LogP contribution is -2.45. The third kappa shape index (κ3) is 2.85. The minimum absolute atomic E-state index is 0.360. The first-order chi connectivity index (χ1) is 9.19. The lowest BCUT2D eigenvalue weighted by Gasteiger charge is -2.38. The summed E-state index contributed by atoms with van der Waals surface area (Å²) in [6.07, 6.45) is 0.475. The SMILES string of the molecule is CCC1COCCN1c1cccc(OC)c1[C@H](C)O. The molecule has 1 saturated heterocycles. The average Bonchev–Trinajstić information content (AvgIpc) is 2.46. The maximum Gasteiger partial charge on any atom is 0.126 e. The summed E-state index contributed by atoms with van der Waals surface area (Å²) in [6.45, 7) is 6.27. The Balaban J connectivity index is 2.42. The number of rotatable bonds is 4. The molecule has 1 aromatic carbocycles. The van der Waals surface area contributed by atoms with Crippen LogP contribution in [0.15, 0.2) is 18.2 Å². The van der Waals surface area contributed by atoms with Crippen molar-refractivity contribution < 1.29 is 14.6 Å². The Morgan fingerprint density at radius 2 is 2.32 bits per heavy atom. The van der Waals surface area contributed by atoms with Crippen molar-refractivity contribution >= 4 is 5.69 Å². The number of nitrogens with zero attached hydrogens (tertiary/aromatic N) is 1. The highest BCUT2D eigenvalue weighted by Crippen LogP contribution is 2.36. The molecule has 4 nitrogen and oxygen atoms in total. The van der Waals surface area contributed by atoms with Gasteiger partial charge in [0.25, 0.3) is 0 Å². The third-order valence-corrected chi connectivity index (χ3v) is 3.69. The van der Waals surface area contributed by atoms with Gasteiger partial charge in [0.2, 0.25) is 0 Å². The van der Waals surface area contributed by atoms with E-state index in [0.29, 0.717) is 6.04 Å².